The Kier molecular flexibility index (Phi) is 5.78. The number of amides is 2. The third kappa shape index (κ3) is 4.04. The number of rotatable bonds is 6. The highest BCUT2D eigenvalue weighted by molar-refractivity contribution is 5.99. The lowest BCUT2D eigenvalue weighted by molar-refractivity contribution is 0.0629. The summed E-state index contributed by atoms with van der Waals surface area (Å²) in [6, 6.07) is 0. The lowest BCUT2D eigenvalue weighted by Crippen LogP contribution is -2.53. The molecule has 11 heteroatoms. The quantitative estimate of drug-likeness (QED) is 0.643. The van der Waals surface area contributed by atoms with E-state index < -0.39 is 23.0 Å². The molecule has 2 aromatic heterocycles. The second-order valence-electron chi connectivity index (χ2n) is 6.61. The summed E-state index contributed by atoms with van der Waals surface area (Å²) >= 11 is 0. The molecule has 0 saturated carbocycles. The lowest BCUT2D eigenvalue weighted by atomic mass is 10.1. The van der Waals surface area contributed by atoms with E-state index in [1.807, 2.05) is 0 Å². The molecule has 2 amide bonds. The van der Waals surface area contributed by atoms with Crippen LogP contribution in [-0.2, 0) is 11.3 Å². The zero-order chi connectivity index (χ0) is 21.1. The van der Waals surface area contributed by atoms with Crippen molar-refractivity contribution < 1.29 is 19.4 Å². The van der Waals surface area contributed by atoms with Crippen LogP contribution in [0.2, 0.25) is 0 Å². The number of nitrogens with one attached hydrogen (secondary N) is 1. The Morgan fingerprint density at radius 3 is 2.72 bits per heavy atom. The van der Waals surface area contributed by atoms with Gasteiger partial charge in [0.05, 0.1) is 30.7 Å². The Morgan fingerprint density at radius 2 is 2.07 bits per heavy atom. The van der Waals surface area contributed by atoms with Crippen molar-refractivity contribution in [1.29, 1.82) is 0 Å². The summed E-state index contributed by atoms with van der Waals surface area (Å²) in [5, 5.41) is 14.6. The van der Waals surface area contributed by atoms with E-state index in [-0.39, 0.29) is 24.5 Å². The molecule has 0 aromatic carbocycles. The lowest BCUT2D eigenvalue weighted by Gasteiger charge is -2.37. The van der Waals surface area contributed by atoms with Gasteiger partial charge in [0.2, 0.25) is 5.43 Å². The first-order valence-electron chi connectivity index (χ1n) is 8.87. The van der Waals surface area contributed by atoms with Crippen molar-refractivity contribution >= 4 is 11.8 Å². The van der Waals surface area contributed by atoms with Gasteiger partial charge in [-0.2, -0.15) is 0 Å². The molecule has 0 radical (unpaired) electrons. The Balaban J connectivity index is 1.87. The van der Waals surface area contributed by atoms with E-state index >= 15 is 0 Å². The molecule has 0 unspecified atom stereocenters. The fraction of sp³-hybridized carbons (Fsp3) is 0.389. The van der Waals surface area contributed by atoms with E-state index in [4.69, 9.17) is 4.74 Å². The smallest absolute Gasteiger partial charge is 0.277 e. The zero-order valence-corrected chi connectivity index (χ0v) is 16.4. The highest BCUT2D eigenvalue weighted by atomic mass is 16.5. The van der Waals surface area contributed by atoms with Gasteiger partial charge in [0, 0.05) is 33.1 Å². The number of fused-ring (bicyclic) bond motifs is 1. The van der Waals surface area contributed by atoms with Crippen LogP contribution >= 0.6 is 0 Å². The molecule has 1 aliphatic rings. The molecular weight excluding hydrogens is 380 g/mol. The highest BCUT2D eigenvalue weighted by Gasteiger charge is 2.32. The van der Waals surface area contributed by atoms with Gasteiger partial charge < -0.3 is 20.1 Å². The number of carbonyl (C=O) groups is 2. The summed E-state index contributed by atoms with van der Waals surface area (Å²) in [7, 11) is 3.18. The molecule has 3 heterocycles. The summed E-state index contributed by atoms with van der Waals surface area (Å²) in [6.07, 6.45) is 4.34. The molecule has 2 N–H and O–H groups in total. The van der Waals surface area contributed by atoms with Crippen LogP contribution in [0.5, 0.6) is 5.75 Å². The standard InChI is InChI=1S/C18H22N6O5/c1-11-6-20-12(7-19-11)8-21-17(27)13-9-24-14(16(26)15(13)25)18(28)23(4-5-29-3)10-22(24)2/h6-7,9,26H,4-5,8,10H2,1-3H3,(H,21,27). The predicted octanol–water partition coefficient (Wildman–Crippen LogP) is -0.790. The second kappa shape index (κ2) is 8.27. The van der Waals surface area contributed by atoms with E-state index in [9.17, 15) is 19.5 Å². The normalized spacial score (nSPS) is 13.4. The second-order valence-corrected chi connectivity index (χ2v) is 6.61. The molecule has 1 aliphatic heterocycles. The number of methoxy groups -OCH3 is 1. The van der Waals surface area contributed by atoms with Crippen LogP contribution in [0.3, 0.4) is 0 Å². The molecule has 0 spiro atoms. The average molecular weight is 402 g/mol. The average Bonchev–Trinajstić information content (AvgIpc) is 2.70. The molecule has 0 saturated heterocycles. The Labute approximate surface area is 166 Å². The minimum Gasteiger partial charge on any atom is -0.502 e. The number of carbonyl (C=O) groups excluding carboxylic acids is 2. The van der Waals surface area contributed by atoms with Crippen molar-refractivity contribution in [2.45, 2.75) is 13.5 Å². The van der Waals surface area contributed by atoms with E-state index in [1.54, 1.807) is 25.2 Å². The molecule has 11 nitrogen and oxygen atoms in total. The van der Waals surface area contributed by atoms with Crippen molar-refractivity contribution in [2.24, 2.45) is 0 Å². The van der Waals surface area contributed by atoms with Crippen LogP contribution in [0.1, 0.15) is 32.2 Å². The maximum absolute atomic E-state index is 12.7. The van der Waals surface area contributed by atoms with Crippen LogP contribution in [-0.4, -0.2) is 70.4 Å². The van der Waals surface area contributed by atoms with Gasteiger partial charge in [0.25, 0.3) is 11.8 Å². The number of ether oxygens (including phenoxy) is 1. The van der Waals surface area contributed by atoms with E-state index in [0.717, 1.165) is 5.69 Å². The fourth-order valence-electron chi connectivity index (χ4n) is 2.90. The summed E-state index contributed by atoms with van der Waals surface area (Å²) in [5.41, 5.74) is -0.131. The molecule has 2 aromatic rings. The van der Waals surface area contributed by atoms with Crippen molar-refractivity contribution in [3.8, 4) is 5.75 Å². The number of aromatic nitrogens is 3. The highest BCUT2D eigenvalue weighted by Crippen LogP contribution is 2.20. The van der Waals surface area contributed by atoms with E-state index in [1.165, 1.54) is 29.1 Å². The molecule has 3 rings (SSSR count). The molecular formula is C18H22N6O5. The Morgan fingerprint density at radius 1 is 1.31 bits per heavy atom. The van der Waals surface area contributed by atoms with Crippen LogP contribution < -0.4 is 15.8 Å². The summed E-state index contributed by atoms with van der Waals surface area (Å²) in [6.45, 7) is 2.67. The fourth-order valence-corrected chi connectivity index (χ4v) is 2.90. The van der Waals surface area contributed by atoms with Gasteiger partial charge in [-0.15, -0.1) is 0 Å². The predicted molar refractivity (Wildman–Crippen MR) is 102 cm³/mol. The van der Waals surface area contributed by atoms with Crippen molar-refractivity contribution in [2.75, 3.05) is 39.0 Å². The van der Waals surface area contributed by atoms with Crippen molar-refractivity contribution in [1.82, 2.24) is 24.9 Å². The van der Waals surface area contributed by atoms with Gasteiger partial charge in [-0.25, -0.2) is 0 Å². The summed E-state index contributed by atoms with van der Waals surface area (Å²) < 4.78 is 6.29. The SMILES string of the molecule is COCCN1CN(C)n2cc(C(=O)NCc3cnc(C)cn3)c(=O)c(O)c2C1=O. The number of aromatic hydroxyl groups is 1. The maximum Gasteiger partial charge on any atom is 0.277 e. The van der Waals surface area contributed by atoms with Crippen LogP contribution in [0, 0.1) is 6.92 Å². The Hall–Kier alpha value is -3.47. The first-order valence-corrected chi connectivity index (χ1v) is 8.87. The molecule has 0 bridgehead atoms. The maximum atomic E-state index is 12.7. The van der Waals surface area contributed by atoms with Gasteiger partial charge in [0.1, 0.15) is 12.2 Å². The Bertz CT molecular complexity index is 987. The van der Waals surface area contributed by atoms with E-state index in [0.29, 0.717) is 18.8 Å². The van der Waals surface area contributed by atoms with E-state index in [2.05, 4.69) is 15.3 Å². The van der Waals surface area contributed by atoms with Gasteiger partial charge in [-0.05, 0) is 6.92 Å². The molecule has 29 heavy (non-hydrogen) atoms. The van der Waals surface area contributed by atoms with Crippen molar-refractivity contribution in [3.63, 3.8) is 0 Å². The topological polar surface area (TPSA) is 130 Å². The van der Waals surface area contributed by atoms with Gasteiger partial charge in [-0.3, -0.25) is 34.0 Å². The van der Waals surface area contributed by atoms with Crippen molar-refractivity contribution in [3.05, 3.63) is 51.5 Å². The van der Waals surface area contributed by atoms with Crippen LogP contribution in [0.15, 0.2) is 23.4 Å². The summed E-state index contributed by atoms with van der Waals surface area (Å²) in [5.74, 6) is -1.98. The van der Waals surface area contributed by atoms with Gasteiger partial charge in [0.15, 0.2) is 11.4 Å². The summed E-state index contributed by atoms with van der Waals surface area (Å²) in [4.78, 5) is 47.4. The van der Waals surface area contributed by atoms with Crippen LogP contribution in [0.4, 0.5) is 0 Å². The van der Waals surface area contributed by atoms with Gasteiger partial charge in [-0.1, -0.05) is 0 Å². The largest absolute Gasteiger partial charge is 0.502 e. The van der Waals surface area contributed by atoms with Crippen LogP contribution in [0.25, 0.3) is 0 Å². The first kappa shape index (κ1) is 20.3. The monoisotopic (exact) mass is 402 g/mol. The number of aryl methyl sites for hydroxylation is 1. The first-order chi connectivity index (χ1) is 13.8. The minimum atomic E-state index is -0.918. The molecule has 0 aliphatic carbocycles. The molecule has 154 valence electrons. The number of pyridine rings is 1. The number of hydrogen-bond acceptors (Lipinski definition) is 8. The third-order valence-electron chi connectivity index (χ3n) is 4.47. The zero-order valence-electron chi connectivity index (χ0n) is 16.4. The van der Waals surface area contributed by atoms with Gasteiger partial charge >= 0.3 is 0 Å². The third-order valence-corrected chi connectivity index (χ3v) is 4.47. The molecule has 0 fully saturated rings. The number of hydrogen-bond donors (Lipinski definition) is 2. The molecule has 0 atom stereocenters. The minimum absolute atomic E-state index is 0.0631. The number of nitrogens with zero attached hydrogens (tertiary/aromatic N) is 5.